The van der Waals surface area contributed by atoms with E-state index in [-0.39, 0.29) is 12.2 Å². The summed E-state index contributed by atoms with van der Waals surface area (Å²) in [5, 5.41) is 0. The topological polar surface area (TPSA) is 52.1 Å². The normalized spacial score (nSPS) is 13.4. The van der Waals surface area contributed by atoms with Crippen LogP contribution in [0.15, 0.2) is 30.5 Å². The van der Waals surface area contributed by atoms with Crippen molar-refractivity contribution in [1.82, 2.24) is 9.97 Å². The summed E-state index contributed by atoms with van der Waals surface area (Å²) in [4.78, 5) is 19.8. The van der Waals surface area contributed by atoms with Crippen LogP contribution in [0.2, 0.25) is 0 Å². The highest BCUT2D eigenvalue weighted by molar-refractivity contribution is 5.77. The molecule has 0 spiro atoms. The van der Waals surface area contributed by atoms with E-state index in [9.17, 15) is 4.79 Å². The lowest BCUT2D eigenvalue weighted by atomic mass is 10.0. The first-order chi connectivity index (χ1) is 9.72. The van der Waals surface area contributed by atoms with Gasteiger partial charge in [-0.1, -0.05) is 0 Å². The Morgan fingerprint density at radius 2 is 2.25 bits per heavy atom. The van der Waals surface area contributed by atoms with Crippen LogP contribution in [-0.4, -0.2) is 22.4 Å². The van der Waals surface area contributed by atoms with E-state index >= 15 is 0 Å². The predicted octanol–water partition coefficient (Wildman–Crippen LogP) is 2.60. The molecule has 0 radical (unpaired) electrons. The quantitative estimate of drug-likeness (QED) is 0.858. The molecule has 4 heteroatoms. The first kappa shape index (κ1) is 12.8. The summed E-state index contributed by atoms with van der Waals surface area (Å²) >= 11 is 0. The molecule has 2 heterocycles. The Morgan fingerprint density at radius 3 is 3.10 bits per heavy atom. The molecular weight excluding hydrogens is 252 g/mol. The second kappa shape index (κ2) is 5.41. The molecule has 0 saturated carbocycles. The fraction of sp³-hybridized carbons (Fsp3) is 0.312. The molecule has 0 aliphatic carbocycles. The highest BCUT2D eigenvalue weighted by Gasteiger charge is 2.12. The number of carbonyl (C=O) groups is 1. The Labute approximate surface area is 117 Å². The highest BCUT2D eigenvalue weighted by atomic mass is 16.5. The molecule has 0 amide bonds. The third kappa shape index (κ3) is 2.69. The van der Waals surface area contributed by atoms with Crippen molar-refractivity contribution in [2.45, 2.75) is 26.2 Å². The fourth-order valence-corrected chi connectivity index (χ4v) is 2.39. The van der Waals surface area contributed by atoms with Gasteiger partial charge in [0.15, 0.2) is 0 Å². The van der Waals surface area contributed by atoms with E-state index in [4.69, 9.17) is 4.74 Å². The number of nitrogens with zero attached hydrogens (tertiary/aromatic N) is 2. The lowest BCUT2D eigenvalue weighted by Crippen LogP contribution is -2.08. The lowest BCUT2D eigenvalue weighted by molar-refractivity contribution is -0.116. The minimum Gasteiger partial charge on any atom is -0.493 e. The van der Waals surface area contributed by atoms with Crippen molar-refractivity contribution in [3.05, 3.63) is 41.9 Å². The van der Waals surface area contributed by atoms with Gasteiger partial charge in [0, 0.05) is 11.8 Å². The first-order valence-electron chi connectivity index (χ1n) is 6.80. The van der Waals surface area contributed by atoms with E-state index in [0.29, 0.717) is 5.82 Å². The predicted molar refractivity (Wildman–Crippen MR) is 75.7 cm³/mol. The summed E-state index contributed by atoms with van der Waals surface area (Å²) in [7, 11) is 0. The number of hydrogen-bond acceptors (Lipinski definition) is 4. The molecule has 0 atom stereocenters. The van der Waals surface area contributed by atoms with Crippen LogP contribution >= 0.6 is 0 Å². The number of fused-ring (bicyclic) bond motifs is 1. The number of aryl methyl sites for hydroxylation is 1. The zero-order chi connectivity index (χ0) is 13.9. The SMILES string of the molecule is CC(=O)Cc1nccc(-c2ccc3c(c2)CCCO3)n1. The molecule has 1 aromatic carbocycles. The molecule has 0 N–H and O–H groups in total. The lowest BCUT2D eigenvalue weighted by Gasteiger charge is -2.17. The molecular formula is C16H16N2O2. The van der Waals surface area contributed by atoms with Crippen molar-refractivity contribution in [2.24, 2.45) is 0 Å². The zero-order valence-electron chi connectivity index (χ0n) is 11.4. The van der Waals surface area contributed by atoms with Crippen LogP contribution in [0.3, 0.4) is 0 Å². The van der Waals surface area contributed by atoms with E-state index in [0.717, 1.165) is 36.5 Å². The van der Waals surface area contributed by atoms with Gasteiger partial charge >= 0.3 is 0 Å². The molecule has 20 heavy (non-hydrogen) atoms. The summed E-state index contributed by atoms with van der Waals surface area (Å²) in [6.07, 6.45) is 4.07. The van der Waals surface area contributed by atoms with Gasteiger partial charge in [-0.15, -0.1) is 0 Å². The van der Waals surface area contributed by atoms with Gasteiger partial charge < -0.3 is 4.74 Å². The molecule has 0 fully saturated rings. The van der Waals surface area contributed by atoms with Gasteiger partial charge in [0.2, 0.25) is 0 Å². The van der Waals surface area contributed by atoms with Gasteiger partial charge in [-0.05, 0) is 49.6 Å². The molecule has 1 aliphatic rings. The van der Waals surface area contributed by atoms with Crippen LogP contribution in [0.1, 0.15) is 24.7 Å². The van der Waals surface area contributed by atoms with E-state index in [2.05, 4.69) is 16.0 Å². The number of aromatic nitrogens is 2. The average Bonchev–Trinajstić information content (AvgIpc) is 2.46. The number of ether oxygens (including phenoxy) is 1. The summed E-state index contributed by atoms with van der Waals surface area (Å²) in [6, 6.07) is 7.99. The van der Waals surface area contributed by atoms with Gasteiger partial charge in [-0.25, -0.2) is 9.97 Å². The van der Waals surface area contributed by atoms with E-state index in [1.54, 1.807) is 13.1 Å². The fourth-order valence-electron chi connectivity index (χ4n) is 2.39. The first-order valence-corrected chi connectivity index (χ1v) is 6.80. The van der Waals surface area contributed by atoms with E-state index < -0.39 is 0 Å². The summed E-state index contributed by atoms with van der Waals surface area (Å²) < 4.78 is 5.61. The van der Waals surface area contributed by atoms with Crippen molar-refractivity contribution < 1.29 is 9.53 Å². The number of Topliss-reactive ketones (excluding diaryl/α,β-unsaturated/α-hetero) is 1. The van der Waals surface area contributed by atoms with Crippen LogP contribution in [0.4, 0.5) is 0 Å². The third-order valence-electron chi connectivity index (χ3n) is 3.32. The Hall–Kier alpha value is -2.23. The third-order valence-corrected chi connectivity index (χ3v) is 3.32. The van der Waals surface area contributed by atoms with Crippen molar-refractivity contribution in [3.63, 3.8) is 0 Å². The maximum Gasteiger partial charge on any atom is 0.137 e. The minimum absolute atomic E-state index is 0.0704. The Morgan fingerprint density at radius 1 is 1.35 bits per heavy atom. The van der Waals surface area contributed by atoms with Gasteiger partial charge in [0.1, 0.15) is 17.4 Å². The van der Waals surface area contributed by atoms with Crippen LogP contribution in [0.5, 0.6) is 5.75 Å². The average molecular weight is 268 g/mol. The summed E-state index contributed by atoms with van der Waals surface area (Å²) in [5.41, 5.74) is 3.12. The molecule has 102 valence electrons. The van der Waals surface area contributed by atoms with Gasteiger partial charge in [-0.2, -0.15) is 0 Å². The molecule has 4 nitrogen and oxygen atoms in total. The number of ketones is 1. The van der Waals surface area contributed by atoms with Crippen LogP contribution < -0.4 is 4.74 Å². The Kier molecular flexibility index (Phi) is 3.46. The Bertz CT molecular complexity index is 653. The second-order valence-corrected chi connectivity index (χ2v) is 5.01. The summed E-state index contributed by atoms with van der Waals surface area (Å²) in [6.45, 7) is 2.34. The van der Waals surface area contributed by atoms with Crippen LogP contribution in [0.25, 0.3) is 11.3 Å². The van der Waals surface area contributed by atoms with E-state index in [1.807, 2.05) is 18.2 Å². The van der Waals surface area contributed by atoms with Crippen molar-refractivity contribution in [1.29, 1.82) is 0 Å². The molecule has 0 saturated heterocycles. The van der Waals surface area contributed by atoms with Crippen molar-refractivity contribution in [3.8, 4) is 17.0 Å². The molecule has 3 rings (SSSR count). The number of carbonyl (C=O) groups excluding carboxylic acids is 1. The molecule has 1 aliphatic heterocycles. The smallest absolute Gasteiger partial charge is 0.137 e. The molecule has 0 bridgehead atoms. The zero-order valence-corrected chi connectivity index (χ0v) is 11.4. The standard InChI is InChI=1S/C16H16N2O2/c1-11(19)9-16-17-7-6-14(18-16)12-4-5-15-13(10-12)3-2-8-20-15/h4-7,10H,2-3,8-9H2,1H3. The monoisotopic (exact) mass is 268 g/mol. The van der Waals surface area contributed by atoms with Crippen LogP contribution in [0, 0.1) is 0 Å². The maximum absolute atomic E-state index is 11.2. The minimum atomic E-state index is 0.0704. The van der Waals surface area contributed by atoms with Gasteiger partial charge in [-0.3, -0.25) is 4.79 Å². The molecule has 1 aromatic heterocycles. The Balaban J connectivity index is 1.94. The number of hydrogen-bond donors (Lipinski definition) is 0. The molecule has 0 unspecified atom stereocenters. The van der Waals surface area contributed by atoms with Gasteiger partial charge in [0.25, 0.3) is 0 Å². The van der Waals surface area contributed by atoms with Crippen molar-refractivity contribution >= 4 is 5.78 Å². The molecule has 2 aromatic rings. The largest absolute Gasteiger partial charge is 0.493 e. The van der Waals surface area contributed by atoms with Crippen molar-refractivity contribution in [2.75, 3.05) is 6.61 Å². The number of rotatable bonds is 3. The van der Waals surface area contributed by atoms with E-state index in [1.165, 1.54) is 5.56 Å². The second-order valence-electron chi connectivity index (χ2n) is 5.01. The highest BCUT2D eigenvalue weighted by Crippen LogP contribution is 2.29. The van der Waals surface area contributed by atoms with Crippen LogP contribution in [-0.2, 0) is 17.6 Å². The van der Waals surface area contributed by atoms with Gasteiger partial charge in [0.05, 0.1) is 18.7 Å². The number of benzene rings is 1. The summed E-state index contributed by atoms with van der Waals surface area (Å²) in [5.74, 6) is 1.61. The maximum atomic E-state index is 11.2.